The maximum Gasteiger partial charge on any atom is 0.163 e. The van der Waals surface area contributed by atoms with Crippen LogP contribution in [0.25, 0.3) is 11.4 Å². The van der Waals surface area contributed by atoms with E-state index in [2.05, 4.69) is 25.6 Å². The maximum atomic E-state index is 14.0. The molecular formula is C22H18FN5. The second-order valence-corrected chi connectivity index (χ2v) is 6.15. The fourth-order valence-corrected chi connectivity index (χ4v) is 2.71. The first-order valence-corrected chi connectivity index (χ1v) is 8.87. The van der Waals surface area contributed by atoms with Crippen LogP contribution in [0.5, 0.6) is 0 Å². The standard InChI is InChI=1S/C22H18FN5/c23-18-10-4-5-11-19(18)26-21-13-20(25-15-16-7-6-12-24-14-16)27-22(28-21)17-8-2-1-3-9-17/h1-14H,15H2,(H2,25,26,27,28). The molecule has 0 saturated carbocycles. The van der Waals surface area contributed by atoms with Crippen molar-refractivity contribution in [2.45, 2.75) is 6.54 Å². The number of hydrogen-bond acceptors (Lipinski definition) is 5. The molecule has 0 unspecified atom stereocenters. The SMILES string of the molecule is Fc1ccccc1Nc1cc(NCc2cccnc2)nc(-c2ccccc2)n1. The summed E-state index contributed by atoms with van der Waals surface area (Å²) in [5.41, 5.74) is 2.27. The van der Waals surface area contributed by atoms with E-state index in [4.69, 9.17) is 0 Å². The third-order valence-electron chi connectivity index (χ3n) is 4.09. The van der Waals surface area contributed by atoms with E-state index in [-0.39, 0.29) is 5.82 Å². The van der Waals surface area contributed by atoms with Gasteiger partial charge in [0.25, 0.3) is 0 Å². The van der Waals surface area contributed by atoms with Crippen LogP contribution < -0.4 is 10.6 Å². The van der Waals surface area contributed by atoms with Gasteiger partial charge in [0.05, 0.1) is 5.69 Å². The highest BCUT2D eigenvalue weighted by Crippen LogP contribution is 2.24. The molecule has 4 aromatic rings. The van der Waals surface area contributed by atoms with Gasteiger partial charge in [0.1, 0.15) is 17.5 Å². The van der Waals surface area contributed by atoms with E-state index in [1.165, 1.54) is 6.07 Å². The molecule has 4 rings (SSSR count). The van der Waals surface area contributed by atoms with Crippen molar-refractivity contribution >= 4 is 17.3 Å². The minimum Gasteiger partial charge on any atom is -0.366 e. The molecule has 0 fully saturated rings. The van der Waals surface area contributed by atoms with Gasteiger partial charge in [-0.2, -0.15) is 0 Å². The van der Waals surface area contributed by atoms with Crippen molar-refractivity contribution in [1.82, 2.24) is 15.0 Å². The third kappa shape index (κ3) is 4.29. The van der Waals surface area contributed by atoms with E-state index in [1.54, 1.807) is 36.7 Å². The average Bonchev–Trinajstić information content (AvgIpc) is 2.75. The van der Waals surface area contributed by atoms with Crippen molar-refractivity contribution in [2.75, 3.05) is 10.6 Å². The summed E-state index contributed by atoms with van der Waals surface area (Å²) >= 11 is 0. The summed E-state index contributed by atoms with van der Waals surface area (Å²) in [4.78, 5) is 13.3. The molecular weight excluding hydrogens is 353 g/mol. The van der Waals surface area contributed by atoms with Crippen molar-refractivity contribution in [3.63, 3.8) is 0 Å². The van der Waals surface area contributed by atoms with Gasteiger partial charge in [-0.15, -0.1) is 0 Å². The summed E-state index contributed by atoms with van der Waals surface area (Å²) < 4.78 is 14.0. The highest BCUT2D eigenvalue weighted by molar-refractivity contribution is 5.65. The Labute approximate surface area is 162 Å². The molecule has 0 bridgehead atoms. The van der Waals surface area contributed by atoms with Gasteiger partial charge in [0.2, 0.25) is 0 Å². The van der Waals surface area contributed by atoms with Crippen LogP contribution >= 0.6 is 0 Å². The average molecular weight is 371 g/mol. The number of aromatic nitrogens is 3. The van der Waals surface area contributed by atoms with Crippen LogP contribution in [0.15, 0.2) is 85.2 Å². The molecule has 28 heavy (non-hydrogen) atoms. The van der Waals surface area contributed by atoms with Crippen LogP contribution in [-0.2, 0) is 6.54 Å². The zero-order valence-electron chi connectivity index (χ0n) is 15.0. The van der Waals surface area contributed by atoms with Gasteiger partial charge in [-0.1, -0.05) is 48.5 Å². The lowest BCUT2D eigenvalue weighted by Gasteiger charge is -2.12. The Balaban J connectivity index is 1.65. The van der Waals surface area contributed by atoms with Gasteiger partial charge in [-0.25, -0.2) is 14.4 Å². The monoisotopic (exact) mass is 371 g/mol. The van der Waals surface area contributed by atoms with E-state index in [0.717, 1.165) is 11.1 Å². The maximum absolute atomic E-state index is 14.0. The van der Waals surface area contributed by atoms with Crippen molar-refractivity contribution in [2.24, 2.45) is 0 Å². The largest absolute Gasteiger partial charge is 0.366 e. The fraction of sp³-hybridized carbons (Fsp3) is 0.0455. The highest BCUT2D eigenvalue weighted by Gasteiger charge is 2.09. The fourth-order valence-electron chi connectivity index (χ4n) is 2.71. The lowest BCUT2D eigenvalue weighted by Crippen LogP contribution is -2.05. The molecule has 0 aliphatic carbocycles. The Bertz CT molecular complexity index is 1050. The lowest BCUT2D eigenvalue weighted by atomic mass is 10.2. The number of nitrogens with zero attached hydrogens (tertiary/aromatic N) is 3. The van der Waals surface area contributed by atoms with E-state index in [0.29, 0.717) is 29.7 Å². The topological polar surface area (TPSA) is 62.7 Å². The number of pyridine rings is 1. The molecule has 138 valence electrons. The van der Waals surface area contributed by atoms with E-state index in [1.807, 2.05) is 42.5 Å². The summed E-state index contributed by atoms with van der Waals surface area (Å²) in [5.74, 6) is 1.35. The highest BCUT2D eigenvalue weighted by atomic mass is 19.1. The number of para-hydroxylation sites is 1. The van der Waals surface area contributed by atoms with E-state index >= 15 is 0 Å². The molecule has 2 aromatic carbocycles. The first-order chi connectivity index (χ1) is 13.8. The number of nitrogens with one attached hydrogen (secondary N) is 2. The number of halogens is 1. The van der Waals surface area contributed by atoms with Gasteiger partial charge < -0.3 is 10.6 Å². The van der Waals surface area contributed by atoms with E-state index in [9.17, 15) is 4.39 Å². The molecule has 0 amide bonds. The number of anilines is 3. The smallest absolute Gasteiger partial charge is 0.163 e. The zero-order valence-corrected chi connectivity index (χ0v) is 15.0. The molecule has 0 aliphatic rings. The molecule has 0 radical (unpaired) electrons. The van der Waals surface area contributed by atoms with Crippen molar-refractivity contribution < 1.29 is 4.39 Å². The van der Waals surface area contributed by atoms with Crippen LogP contribution in [-0.4, -0.2) is 15.0 Å². The summed E-state index contributed by atoms with van der Waals surface area (Å²) in [7, 11) is 0. The number of hydrogen-bond donors (Lipinski definition) is 2. The second-order valence-electron chi connectivity index (χ2n) is 6.15. The Morgan fingerprint density at radius 1 is 0.821 bits per heavy atom. The summed E-state index contributed by atoms with van der Waals surface area (Å²) in [6.45, 7) is 0.568. The molecule has 2 N–H and O–H groups in total. The van der Waals surface area contributed by atoms with Crippen LogP contribution in [0, 0.1) is 5.82 Å². The van der Waals surface area contributed by atoms with Gasteiger partial charge in [0.15, 0.2) is 5.82 Å². The molecule has 2 aromatic heterocycles. The minimum absolute atomic E-state index is 0.341. The molecule has 0 spiro atoms. The third-order valence-corrected chi connectivity index (χ3v) is 4.09. The molecule has 5 nitrogen and oxygen atoms in total. The molecule has 0 aliphatic heterocycles. The first kappa shape index (κ1) is 17.6. The van der Waals surface area contributed by atoms with Crippen LogP contribution in [0.1, 0.15) is 5.56 Å². The van der Waals surface area contributed by atoms with Gasteiger partial charge in [-0.3, -0.25) is 4.98 Å². The van der Waals surface area contributed by atoms with Crippen LogP contribution in [0.4, 0.5) is 21.7 Å². The molecule has 6 heteroatoms. The van der Waals surface area contributed by atoms with Crippen molar-refractivity contribution in [3.8, 4) is 11.4 Å². The number of rotatable bonds is 6. The Morgan fingerprint density at radius 2 is 1.61 bits per heavy atom. The Kier molecular flexibility index (Phi) is 5.20. The summed E-state index contributed by atoms with van der Waals surface area (Å²) in [5, 5.41) is 6.33. The normalized spacial score (nSPS) is 10.5. The van der Waals surface area contributed by atoms with Gasteiger partial charge in [0, 0.05) is 30.6 Å². The predicted molar refractivity (Wildman–Crippen MR) is 109 cm³/mol. The van der Waals surface area contributed by atoms with Crippen molar-refractivity contribution in [3.05, 3.63) is 96.6 Å². The number of benzene rings is 2. The Morgan fingerprint density at radius 3 is 2.39 bits per heavy atom. The predicted octanol–water partition coefficient (Wildman–Crippen LogP) is 5.03. The van der Waals surface area contributed by atoms with Crippen molar-refractivity contribution in [1.29, 1.82) is 0 Å². The second kappa shape index (κ2) is 8.26. The van der Waals surface area contributed by atoms with Crippen LogP contribution in [0.2, 0.25) is 0 Å². The van der Waals surface area contributed by atoms with Gasteiger partial charge in [-0.05, 0) is 23.8 Å². The molecule has 0 saturated heterocycles. The Hall–Kier alpha value is -3.80. The summed E-state index contributed by atoms with van der Waals surface area (Å²) in [6.07, 6.45) is 3.53. The first-order valence-electron chi connectivity index (χ1n) is 8.87. The summed E-state index contributed by atoms with van der Waals surface area (Å²) in [6, 6.07) is 21.8. The zero-order chi connectivity index (χ0) is 19.2. The molecule has 2 heterocycles. The minimum atomic E-state index is -0.341. The van der Waals surface area contributed by atoms with Gasteiger partial charge >= 0.3 is 0 Å². The van der Waals surface area contributed by atoms with E-state index < -0.39 is 0 Å². The molecule has 0 atom stereocenters. The van der Waals surface area contributed by atoms with Crippen LogP contribution in [0.3, 0.4) is 0 Å². The quantitative estimate of drug-likeness (QED) is 0.497. The lowest BCUT2D eigenvalue weighted by molar-refractivity contribution is 0.632.